The molecule has 2 aromatic carbocycles. The van der Waals surface area contributed by atoms with E-state index in [2.05, 4.69) is 17.4 Å². The fraction of sp³-hybridized carbons (Fsp3) is 0.294. The summed E-state index contributed by atoms with van der Waals surface area (Å²) in [6.07, 6.45) is 0.845. The van der Waals surface area contributed by atoms with Crippen molar-refractivity contribution < 1.29 is 5.11 Å². The van der Waals surface area contributed by atoms with Gasteiger partial charge in [0.1, 0.15) is 0 Å². The van der Waals surface area contributed by atoms with Crippen LogP contribution in [0.3, 0.4) is 0 Å². The molecular formula is C17H20ClNOS. The molecule has 2 aromatic rings. The molecule has 0 saturated carbocycles. The van der Waals surface area contributed by atoms with Gasteiger partial charge < -0.3 is 10.4 Å². The van der Waals surface area contributed by atoms with Crippen molar-refractivity contribution in [2.24, 2.45) is 0 Å². The highest BCUT2D eigenvalue weighted by atomic mass is 35.5. The molecule has 21 heavy (non-hydrogen) atoms. The highest BCUT2D eigenvalue weighted by Gasteiger charge is 2.28. The Morgan fingerprint density at radius 3 is 2.33 bits per heavy atom. The van der Waals surface area contributed by atoms with Crippen LogP contribution in [0.5, 0.6) is 0 Å². The first-order valence-corrected chi connectivity index (χ1v) is 8.30. The maximum absolute atomic E-state index is 9.87. The number of benzene rings is 2. The van der Waals surface area contributed by atoms with Gasteiger partial charge in [0.25, 0.3) is 0 Å². The minimum atomic E-state index is -0.388. The molecule has 0 radical (unpaired) electrons. The van der Waals surface area contributed by atoms with Crippen LogP contribution in [-0.4, -0.2) is 24.5 Å². The number of hydrogen-bond acceptors (Lipinski definition) is 3. The lowest BCUT2D eigenvalue weighted by Crippen LogP contribution is -2.44. The fourth-order valence-corrected chi connectivity index (χ4v) is 3.43. The zero-order valence-corrected chi connectivity index (χ0v) is 13.6. The second-order valence-corrected chi connectivity index (χ2v) is 6.51. The van der Waals surface area contributed by atoms with Gasteiger partial charge in [0.05, 0.1) is 12.1 Å². The molecule has 0 bridgehead atoms. The van der Waals surface area contributed by atoms with Gasteiger partial charge in [-0.1, -0.05) is 41.9 Å². The average Bonchev–Trinajstić information content (AvgIpc) is 2.55. The van der Waals surface area contributed by atoms with E-state index in [1.54, 1.807) is 11.8 Å². The molecule has 0 saturated heterocycles. The molecule has 2 N–H and O–H groups in total. The number of aliphatic hydroxyl groups is 1. The van der Waals surface area contributed by atoms with Gasteiger partial charge in [-0.15, -0.1) is 11.8 Å². The molecule has 0 aromatic heterocycles. The van der Waals surface area contributed by atoms with Crippen LogP contribution in [0.25, 0.3) is 0 Å². The lowest BCUT2D eigenvalue weighted by molar-refractivity contribution is 0.165. The summed E-state index contributed by atoms with van der Waals surface area (Å²) >= 11 is 7.66. The van der Waals surface area contributed by atoms with E-state index >= 15 is 0 Å². The Kier molecular flexibility index (Phi) is 6.12. The highest BCUT2D eigenvalue weighted by Crippen LogP contribution is 2.29. The van der Waals surface area contributed by atoms with Crippen molar-refractivity contribution in [2.75, 3.05) is 19.4 Å². The normalized spacial score (nSPS) is 13.9. The standard InChI is InChI=1S/C17H20ClNOS/c1-19-17(13-20,14-5-3-2-4-6-14)11-12-21-16-9-7-15(18)8-10-16/h2-10,19-20H,11-13H2,1H3. The summed E-state index contributed by atoms with van der Waals surface area (Å²) in [6, 6.07) is 18.0. The molecule has 0 spiro atoms. The van der Waals surface area contributed by atoms with Crippen LogP contribution in [0.2, 0.25) is 5.02 Å². The van der Waals surface area contributed by atoms with Crippen LogP contribution >= 0.6 is 23.4 Å². The molecule has 2 rings (SSSR count). The third-order valence-electron chi connectivity index (χ3n) is 3.69. The number of nitrogens with one attached hydrogen (secondary N) is 1. The fourth-order valence-electron chi connectivity index (χ4n) is 2.29. The summed E-state index contributed by atoms with van der Waals surface area (Å²) in [4.78, 5) is 1.19. The van der Waals surface area contributed by atoms with Gasteiger partial charge in [-0.3, -0.25) is 0 Å². The number of hydrogen-bond donors (Lipinski definition) is 2. The van der Waals surface area contributed by atoms with Crippen molar-refractivity contribution in [3.8, 4) is 0 Å². The lowest BCUT2D eigenvalue weighted by atomic mass is 9.88. The number of rotatable bonds is 7. The molecule has 1 atom stereocenters. The van der Waals surface area contributed by atoms with Gasteiger partial charge in [0.15, 0.2) is 0 Å². The van der Waals surface area contributed by atoms with E-state index in [1.165, 1.54) is 4.90 Å². The smallest absolute Gasteiger partial charge is 0.0674 e. The third kappa shape index (κ3) is 4.24. The monoisotopic (exact) mass is 321 g/mol. The van der Waals surface area contributed by atoms with Crippen molar-refractivity contribution in [1.29, 1.82) is 0 Å². The molecule has 112 valence electrons. The zero-order chi connectivity index (χ0) is 15.1. The summed E-state index contributed by atoms with van der Waals surface area (Å²) in [5.74, 6) is 0.915. The minimum absolute atomic E-state index is 0.0781. The van der Waals surface area contributed by atoms with Crippen molar-refractivity contribution in [3.05, 3.63) is 65.2 Å². The first kappa shape index (κ1) is 16.4. The number of halogens is 1. The molecule has 0 aliphatic rings. The van der Waals surface area contributed by atoms with Gasteiger partial charge in [-0.2, -0.15) is 0 Å². The Balaban J connectivity index is 2.02. The van der Waals surface area contributed by atoms with Crippen molar-refractivity contribution >= 4 is 23.4 Å². The van der Waals surface area contributed by atoms with Crippen LogP contribution < -0.4 is 5.32 Å². The maximum Gasteiger partial charge on any atom is 0.0674 e. The first-order chi connectivity index (χ1) is 10.2. The van der Waals surface area contributed by atoms with Crippen LogP contribution in [0.1, 0.15) is 12.0 Å². The predicted octanol–water partition coefficient (Wildman–Crippen LogP) is 3.93. The van der Waals surface area contributed by atoms with E-state index in [4.69, 9.17) is 11.6 Å². The van der Waals surface area contributed by atoms with Gasteiger partial charge in [-0.05, 0) is 43.3 Å². The Hall–Kier alpha value is -1.00. The molecular weight excluding hydrogens is 302 g/mol. The summed E-state index contributed by atoms with van der Waals surface area (Å²) in [6.45, 7) is 0.0781. The summed E-state index contributed by atoms with van der Waals surface area (Å²) in [5, 5.41) is 13.9. The molecule has 0 amide bonds. The van der Waals surface area contributed by atoms with Gasteiger partial charge in [-0.25, -0.2) is 0 Å². The zero-order valence-electron chi connectivity index (χ0n) is 12.1. The van der Waals surface area contributed by atoms with Crippen LogP contribution in [0.4, 0.5) is 0 Å². The van der Waals surface area contributed by atoms with Crippen LogP contribution in [-0.2, 0) is 5.54 Å². The Bertz CT molecular complexity index is 540. The summed E-state index contributed by atoms with van der Waals surface area (Å²) in [7, 11) is 1.90. The molecule has 1 unspecified atom stereocenters. The molecule has 0 fully saturated rings. The van der Waals surface area contributed by atoms with E-state index in [-0.39, 0.29) is 12.1 Å². The Morgan fingerprint density at radius 1 is 1.10 bits per heavy atom. The third-order valence-corrected chi connectivity index (χ3v) is 4.95. The lowest BCUT2D eigenvalue weighted by Gasteiger charge is -2.32. The van der Waals surface area contributed by atoms with Gasteiger partial charge in [0, 0.05) is 15.7 Å². The Labute approximate surface area is 135 Å². The topological polar surface area (TPSA) is 32.3 Å². The van der Waals surface area contributed by atoms with Gasteiger partial charge >= 0.3 is 0 Å². The molecule has 2 nitrogen and oxygen atoms in total. The van der Waals surface area contributed by atoms with E-state index in [0.717, 1.165) is 22.8 Å². The van der Waals surface area contributed by atoms with E-state index in [0.29, 0.717) is 0 Å². The quantitative estimate of drug-likeness (QED) is 0.758. The van der Waals surface area contributed by atoms with Crippen LogP contribution in [0.15, 0.2) is 59.5 Å². The molecule has 0 heterocycles. The maximum atomic E-state index is 9.87. The van der Waals surface area contributed by atoms with E-state index in [9.17, 15) is 5.11 Å². The molecule has 0 aliphatic heterocycles. The largest absolute Gasteiger partial charge is 0.394 e. The Morgan fingerprint density at radius 2 is 1.76 bits per heavy atom. The van der Waals surface area contributed by atoms with Crippen LogP contribution in [0, 0.1) is 0 Å². The number of likely N-dealkylation sites (N-methyl/N-ethyl adjacent to an activating group) is 1. The van der Waals surface area contributed by atoms with Crippen molar-refractivity contribution in [2.45, 2.75) is 16.9 Å². The predicted molar refractivity (Wildman–Crippen MR) is 91.1 cm³/mol. The minimum Gasteiger partial charge on any atom is -0.394 e. The molecule has 4 heteroatoms. The highest BCUT2D eigenvalue weighted by molar-refractivity contribution is 7.99. The second-order valence-electron chi connectivity index (χ2n) is 4.91. The van der Waals surface area contributed by atoms with Gasteiger partial charge in [0.2, 0.25) is 0 Å². The van der Waals surface area contributed by atoms with E-state index in [1.807, 2.05) is 49.5 Å². The average molecular weight is 322 g/mol. The van der Waals surface area contributed by atoms with Crippen molar-refractivity contribution in [3.63, 3.8) is 0 Å². The SMILES string of the molecule is CNC(CO)(CCSc1ccc(Cl)cc1)c1ccccc1. The first-order valence-electron chi connectivity index (χ1n) is 6.94. The second kappa shape index (κ2) is 7.85. The van der Waals surface area contributed by atoms with Crippen molar-refractivity contribution in [1.82, 2.24) is 5.32 Å². The number of aliphatic hydroxyl groups excluding tert-OH is 1. The molecule has 0 aliphatic carbocycles. The summed E-state index contributed by atoms with van der Waals surface area (Å²) in [5.41, 5.74) is 0.729. The van der Waals surface area contributed by atoms with E-state index < -0.39 is 0 Å². The summed E-state index contributed by atoms with van der Waals surface area (Å²) < 4.78 is 0. The number of thioether (sulfide) groups is 1.